The summed E-state index contributed by atoms with van der Waals surface area (Å²) in [6, 6.07) is 19.5. The number of hydrogen-bond acceptors (Lipinski definition) is 5. The summed E-state index contributed by atoms with van der Waals surface area (Å²) in [5.74, 6) is 0.0244. The SMILES string of the molecule is COCCN(C)C(=O)C(Cc1c[nH]c2ccccc12)Nc1ccc(Nc2ccncc2)cc1. The van der Waals surface area contributed by atoms with Gasteiger partial charge in [-0.1, -0.05) is 18.2 Å². The van der Waals surface area contributed by atoms with Gasteiger partial charge in [0.25, 0.3) is 0 Å². The second-order valence-corrected chi connectivity index (χ2v) is 7.95. The van der Waals surface area contributed by atoms with E-state index in [1.165, 1.54) is 0 Å². The molecule has 0 aliphatic rings. The molecule has 0 bridgehead atoms. The zero-order valence-corrected chi connectivity index (χ0v) is 18.9. The zero-order valence-electron chi connectivity index (χ0n) is 18.9. The number of ether oxygens (including phenoxy) is 1. The van der Waals surface area contributed by atoms with Gasteiger partial charge in [0.15, 0.2) is 0 Å². The molecule has 4 aromatic rings. The number of aromatic amines is 1. The number of aromatic nitrogens is 2. The van der Waals surface area contributed by atoms with Crippen molar-refractivity contribution in [3.8, 4) is 0 Å². The number of carbonyl (C=O) groups is 1. The molecule has 2 aromatic heterocycles. The largest absolute Gasteiger partial charge is 0.383 e. The third-order valence-electron chi connectivity index (χ3n) is 5.60. The van der Waals surface area contributed by atoms with Gasteiger partial charge in [-0.05, 0) is 48.0 Å². The molecule has 3 N–H and O–H groups in total. The van der Waals surface area contributed by atoms with Gasteiger partial charge in [0, 0.05) is 73.7 Å². The number of methoxy groups -OCH3 is 1. The van der Waals surface area contributed by atoms with Crippen molar-refractivity contribution < 1.29 is 9.53 Å². The minimum Gasteiger partial charge on any atom is -0.383 e. The molecule has 0 saturated carbocycles. The number of para-hydroxylation sites is 1. The lowest BCUT2D eigenvalue weighted by molar-refractivity contribution is -0.131. The van der Waals surface area contributed by atoms with Crippen LogP contribution in [0.1, 0.15) is 5.56 Å². The van der Waals surface area contributed by atoms with Gasteiger partial charge in [0.1, 0.15) is 6.04 Å². The fourth-order valence-electron chi connectivity index (χ4n) is 3.78. The first kappa shape index (κ1) is 22.4. The molecular formula is C26H29N5O2. The van der Waals surface area contributed by atoms with E-state index in [4.69, 9.17) is 4.74 Å². The first-order chi connectivity index (χ1) is 16.1. The fraction of sp³-hybridized carbons (Fsp3) is 0.231. The van der Waals surface area contributed by atoms with Crippen LogP contribution in [0.25, 0.3) is 10.9 Å². The smallest absolute Gasteiger partial charge is 0.245 e. The van der Waals surface area contributed by atoms with E-state index in [0.29, 0.717) is 19.6 Å². The van der Waals surface area contributed by atoms with Crippen molar-refractivity contribution >= 4 is 33.9 Å². The van der Waals surface area contributed by atoms with E-state index in [-0.39, 0.29) is 5.91 Å². The molecule has 1 amide bonds. The Morgan fingerprint density at radius 2 is 1.73 bits per heavy atom. The monoisotopic (exact) mass is 443 g/mol. The van der Waals surface area contributed by atoms with E-state index in [1.807, 2.05) is 67.8 Å². The Balaban J connectivity index is 1.52. The van der Waals surface area contributed by atoms with Crippen molar-refractivity contribution in [2.75, 3.05) is 37.9 Å². The highest BCUT2D eigenvalue weighted by Crippen LogP contribution is 2.23. The standard InChI is InChI=1S/C26H29N5O2/c1-31(15-16-33-2)26(32)25(17-19-18-28-24-6-4-3-5-23(19)24)30-21-9-7-20(8-10-21)29-22-11-13-27-14-12-22/h3-14,18,25,28,30H,15-17H2,1-2H3,(H,27,29). The summed E-state index contributed by atoms with van der Waals surface area (Å²) in [6.45, 7) is 1.04. The number of rotatable bonds is 10. The topological polar surface area (TPSA) is 82.3 Å². The number of nitrogens with one attached hydrogen (secondary N) is 3. The Morgan fingerprint density at radius 1 is 1.03 bits per heavy atom. The van der Waals surface area contributed by atoms with Crippen LogP contribution in [0, 0.1) is 0 Å². The summed E-state index contributed by atoms with van der Waals surface area (Å²) in [6.07, 6.45) is 6.05. The summed E-state index contributed by atoms with van der Waals surface area (Å²) >= 11 is 0. The van der Waals surface area contributed by atoms with E-state index in [0.717, 1.165) is 33.5 Å². The van der Waals surface area contributed by atoms with Crippen molar-refractivity contribution in [3.05, 3.63) is 84.8 Å². The molecule has 0 fully saturated rings. The van der Waals surface area contributed by atoms with Crippen molar-refractivity contribution in [3.63, 3.8) is 0 Å². The van der Waals surface area contributed by atoms with Gasteiger partial charge in [0.05, 0.1) is 6.61 Å². The number of carbonyl (C=O) groups excluding carboxylic acids is 1. The van der Waals surface area contributed by atoms with E-state index >= 15 is 0 Å². The second kappa shape index (κ2) is 10.7. The highest BCUT2D eigenvalue weighted by atomic mass is 16.5. The van der Waals surface area contributed by atoms with Gasteiger partial charge in [-0.2, -0.15) is 0 Å². The average molecular weight is 444 g/mol. The zero-order chi connectivity index (χ0) is 23.0. The van der Waals surface area contributed by atoms with E-state index < -0.39 is 6.04 Å². The predicted molar refractivity (Wildman–Crippen MR) is 133 cm³/mol. The van der Waals surface area contributed by atoms with Crippen molar-refractivity contribution in [1.29, 1.82) is 0 Å². The van der Waals surface area contributed by atoms with Crippen LogP contribution in [0.4, 0.5) is 17.1 Å². The van der Waals surface area contributed by atoms with Crippen LogP contribution in [0.3, 0.4) is 0 Å². The molecule has 2 aromatic carbocycles. The lowest BCUT2D eigenvalue weighted by atomic mass is 10.0. The Kier molecular flexibility index (Phi) is 7.22. The average Bonchev–Trinajstić information content (AvgIpc) is 3.26. The van der Waals surface area contributed by atoms with Gasteiger partial charge in [0.2, 0.25) is 5.91 Å². The lowest BCUT2D eigenvalue weighted by Gasteiger charge is -2.25. The van der Waals surface area contributed by atoms with Gasteiger partial charge in [-0.25, -0.2) is 0 Å². The van der Waals surface area contributed by atoms with Crippen LogP contribution in [0.5, 0.6) is 0 Å². The molecule has 4 rings (SSSR count). The Bertz CT molecular complexity index is 1170. The molecule has 0 saturated heterocycles. The number of H-pyrrole nitrogens is 1. The van der Waals surface area contributed by atoms with E-state index in [1.54, 1.807) is 24.4 Å². The molecule has 33 heavy (non-hydrogen) atoms. The van der Waals surface area contributed by atoms with Gasteiger partial charge in [-0.3, -0.25) is 9.78 Å². The van der Waals surface area contributed by atoms with E-state index in [9.17, 15) is 4.79 Å². The number of benzene rings is 2. The summed E-state index contributed by atoms with van der Waals surface area (Å²) in [7, 11) is 3.45. The number of anilines is 3. The van der Waals surface area contributed by atoms with Gasteiger partial charge < -0.3 is 25.3 Å². The van der Waals surface area contributed by atoms with Crippen LogP contribution in [0.15, 0.2) is 79.3 Å². The molecule has 1 unspecified atom stereocenters. The van der Waals surface area contributed by atoms with Crippen molar-refractivity contribution in [1.82, 2.24) is 14.9 Å². The first-order valence-electron chi connectivity index (χ1n) is 11.0. The number of amides is 1. The minimum atomic E-state index is -0.412. The normalized spacial score (nSPS) is 11.8. The predicted octanol–water partition coefficient (Wildman–Crippen LogP) is 4.43. The number of fused-ring (bicyclic) bond motifs is 1. The summed E-state index contributed by atoms with van der Waals surface area (Å²) < 4.78 is 5.16. The van der Waals surface area contributed by atoms with Gasteiger partial charge in [-0.15, -0.1) is 0 Å². The number of nitrogens with zero attached hydrogens (tertiary/aromatic N) is 2. The van der Waals surface area contributed by atoms with Crippen LogP contribution in [0.2, 0.25) is 0 Å². The highest BCUT2D eigenvalue weighted by molar-refractivity contribution is 5.88. The van der Waals surface area contributed by atoms with E-state index in [2.05, 4.69) is 26.7 Å². The summed E-state index contributed by atoms with van der Waals surface area (Å²) in [4.78, 5) is 22.4. The molecule has 170 valence electrons. The Hall–Kier alpha value is -3.84. The Morgan fingerprint density at radius 3 is 2.48 bits per heavy atom. The molecule has 2 heterocycles. The molecule has 1 atom stereocenters. The molecule has 0 aliphatic heterocycles. The van der Waals surface area contributed by atoms with Crippen LogP contribution in [-0.2, 0) is 16.0 Å². The third kappa shape index (κ3) is 5.70. The summed E-state index contributed by atoms with van der Waals surface area (Å²) in [5, 5.41) is 7.92. The number of pyridine rings is 1. The number of hydrogen-bond donors (Lipinski definition) is 3. The van der Waals surface area contributed by atoms with Crippen LogP contribution >= 0.6 is 0 Å². The lowest BCUT2D eigenvalue weighted by Crippen LogP contribution is -2.43. The molecular weight excluding hydrogens is 414 g/mol. The summed E-state index contributed by atoms with van der Waals surface area (Å²) in [5.41, 5.74) is 4.99. The molecule has 7 nitrogen and oxygen atoms in total. The van der Waals surface area contributed by atoms with Gasteiger partial charge >= 0.3 is 0 Å². The van der Waals surface area contributed by atoms with Crippen LogP contribution < -0.4 is 10.6 Å². The van der Waals surface area contributed by atoms with Crippen LogP contribution in [-0.4, -0.2) is 54.1 Å². The maximum absolute atomic E-state index is 13.3. The quantitative estimate of drug-likeness (QED) is 0.338. The molecule has 0 radical (unpaired) electrons. The fourth-order valence-corrected chi connectivity index (χ4v) is 3.78. The van der Waals surface area contributed by atoms with Crippen molar-refractivity contribution in [2.24, 2.45) is 0 Å². The minimum absolute atomic E-state index is 0.0244. The Labute approximate surface area is 193 Å². The van der Waals surface area contributed by atoms with Crippen molar-refractivity contribution in [2.45, 2.75) is 12.5 Å². The second-order valence-electron chi connectivity index (χ2n) is 7.95. The molecule has 0 spiro atoms. The molecule has 7 heteroatoms. The molecule has 0 aliphatic carbocycles. The maximum atomic E-state index is 13.3. The maximum Gasteiger partial charge on any atom is 0.245 e. The number of likely N-dealkylation sites (N-methyl/N-ethyl adjacent to an activating group) is 1. The highest BCUT2D eigenvalue weighted by Gasteiger charge is 2.23. The third-order valence-corrected chi connectivity index (χ3v) is 5.60. The first-order valence-corrected chi connectivity index (χ1v) is 11.0.